The molecule has 7 atom stereocenters. The molecule has 4 heteroatoms. The number of rotatable bonds is 1. The van der Waals surface area contributed by atoms with Gasteiger partial charge in [0, 0.05) is 12.0 Å². The number of esters is 1. The van der Waals surface area contributed by atoms with Gasteiger partial charge >= 0.3 is 5.97 Å². The van der Waals surface area contributed by atoms with Crippen molar-refractivity contribution in [2.24, 2.45) is 29.1 Å². The van der Waals surface area contributed by atoms with E-state index in [1.807, 2.05) is 6.92 Å². The van der Waals surface area contributed by atoms with Crippen LogP contribution in [0.1, 0.15) is 78.1 Å². The van der Waals surface area contributed by atoms with Gasteiger partial charge in [0.2, 0.25) is 0 Å². The van der Waals surface area contributed by atoms with Crippen LogP contribution in [0.25, 0.3) is 0 Å². The first-order valence-corrected chi connectivity index (χ1v) is 11.1. The van der Waals surface area contributed by atoms with Gasteiger partial charge in [-0.25, -0.2) is 4.79 Å². The Morgan fingerprint density at radius 2 is 1.89 bits per heavy atom. The summed E-state index contributed by atoms with van der Waals surface area (Å²) in [5.41, 5.74) is 0.510. The molecule has 7 unspecified atom stereocenters. The van der Waals surface area contributed by atoms with Crippen LogP contribution in [0.15, 0.2) is 11.6 Å². The van der Waals surface area contributed by atoms with Crippen molar-refractivity contribution >= 4 is 5.97 Å². The Morgan fingerprint density at radius 3 is 2.63 bits per heavy atom. The monoisotopic (exact) mass is 376 g/mol. The van der Waals surface area contributed by atoms with Crippen molar-refractivity contribution in [3.8, 4) is 0 Å². The third-order valence-corrected chi connectivity index (χ3v) is 8.72. The molecule has 0 saturated heterocycles. The minimum atomic E-state index is -0.786. The molecule has 2 N–H and O–H groups in total. The molecule has 3 saturated carbocycles. The van der Waals surface area contributed by atoms with E-state index in [2.05, 4.69) is 6.92 Å². The zero-order chi connectivity index (χ0) is 19.2. The molecule has 1 heterocycles. The van der Waals surface area contributed by atoms with E-state index in [-0.39, 0.29) is 18.0 Å². The number of aliphatic hydroxyl groups is 2. The lowest BCUT2D eigenvalue weighted by Crippen LogP contribution is -2.48. The van der Waals surface area contributed by atoms with E-state index in [9.17, 15) is 15.0 Å². The third kappa shape index (κ3) is 3.60. The smallest absolute Gasteiger partial charge is 0.331 e. The second-order valence-corrected chi connectivity index (χ2v) is 10.3. The second kappa shape index (κ2) is 7.18. The standard InChI is InChI=1S/C23H36O4/c1-22-10-8-18(24)13-17(22)7-6-15-4-3-5-20(16-12-21(25)27-14-16)23(2,26)11-9-19(15)22/h12,15,17-20,24,26H,3-11,13-14H2,1-2H3. The van der Waals surface area contributed by atoms with E-state index in [0.29, 0.717) is 23.9 Å². The molecular weight excluding hydrogens is 340 g/mol. The van der Waals surface area contributed by atoms with Crippen molar-refractivity contribution in [2.75, 3.05) is 6.61 Å². The molecule has 0 bridgehead atoms. The second-order valence-electron chi connectivity index (χ2n) is 10.3. The molecule has 152 valence electrons. The van der Waals surface area contributed by atoms with Gasteiger partial charge in [-0.1, -0.05) is 19.8 Å². The first kappa shape index (κ1) is 19.4. The van der Waals surface area contributed by atoms with Gasteiger partial charge in [-0.05, 0) is 87.0 Å². The molecule has 0 aromatic rings. The molecule has 3 fully saturated rings. The Kier molecular flexibility index (Phi) is 5.17. The first-order valence-electron chi connectivity index (χ1n) is 11.1. The van der Waals surface area contributed by atoms with Crippen molar-refractivity contribution in [1.82, 2.24) is 0 Å². The van der Waals surface area contributed by atoms with E-state index < -0.39 is 5.60 Å². The van der Waals surface area contributed by atoms with E-state index in [1.165, 1.54) is 19.3 Å². The fourth-order valence-electron chi connectivity index (χ4n) is 7.09. The molecule has 4 nitrogen and oxygen atoms in total. The van der Waals surface area contributed by atoms with Crippen molar-refractivity contribution < 1.29 is 19.7 Å². The predicted molar refractivity (Wildman–Crippen MR) is 104 cm³/mol. The Labute approximate surface area is 163 Å². The van der Waals surface area contributed by atoms with Gasteiger partial charge in [-0.2, -0.15) is 0 Å². The van der Waals surface area contributed by atoms with Gasteiger partial charge in [0.25, 0.3) is 0 Å². The molecule has 1 aliphatic heterocycles. The summed E-state index contributed by atoms with van der Waals surface area (Å²) in [5.74, 6) is 1.79. The highest BCUT2D eigenvalue weighted by atomic mass is 16.5. The van der Waals surface area contributed by atoms with Crippen LogP contribution in [0.4, 0.5) is 0 Å². The lowest BCUT2D eigenvalue weighted by molar-refractivity contribution is -0.135. The zero-order valence-corrected chi connectivity index (χ0v) is 17.0. The fraction of sp³-hybridized carbons (Fsp3) is 0.870. The van der Waals surface area contributed by atoms with E-state index in [1.54, 1.807) is 6.08 Å². The Morgan fingerprint density at radius 1 is 1.07 bits per heavy atom. The Hall–Kier alpha value is -0.870. The van der Waals surface area contributed by atoms with Crippen molar-refractivity contribution in [1.29, 1.82) is 0 Å². The SMILES string of the molecule is CC1(O)CCC2C(CCCC1C1=CC(=O)OC1)CCC1CC(O)CCC12C. The van der Waals surface area contributed by atoms with Crippen LogP contribution in [0.2, 0.25) is 0 Å². The number of carbonyl (C=O) groups is 1. The normalized spacial score (nSPS) is 48.4. The number of hydrogen-bond acceptors (Lipinski definition) is 4. The molecule has 4 aliphatic rings. The molecule has 0 aromatic carbocycles. The van der Waals surface area contributed by atoms with E-state index in [4.69, 9.17) is 4.74 Å². The van der Waals surface area contributed by atoms with Crippen LogP contribution in [0.5, 0.6) is 0 Å². The van der Waals surface area contributed by atoms with Crippen LogP contribution in [0, 0.1) is 29.1 Å². The summed E-state index contributed by atoms with van der Waals surface area (Å²) in [4.78, 5) is 11.6. The van der Waals surface area contributed by atoms with E-state index in [0.717, 1.165) is 56.4 Å². The van der Waals surface area contributed by atoms with Crippen LogP contribution in [-0.4, -0.2) is 34.5 Å². The number of hydrogen-bond donors (Lipinski definition) is 2. The van der Waals surface area contributed by atoms with Crippen LogP contribution in [-0.2, 0) is 9.53 Å². The van der Waals surface area contributed by atoms with Crippen molar-refractivity contribution in [3.05, 3.63) is 11.6 Å². The first-order chi connectivity index (χ1) is 12.8. The number of cyclic esters (lactones) is 1. The van der Waals surface area contributed by atoms with Crippen LogP contribution in [0.3, 0.4) is 0 Å². The lowest BCUT2D eigenvalue weighted by atomic mass is 9.51. The van der Waals surface area contributed by atoms with Gasteiger partial charge in [-0.15, -0.1) is 0 Å². The highest BCUT2D eigenvalue weighted by Crippen LogP contribution is 2.58. The molecule has 27 heavy (non-hydrogen) atoms. The maximum atomic E-state index is 11.6. The summed E-state index contributed by atoms with van der Waals surface area (Å²) >= 11 is 0. The lowest BCUT2D eigenvalue weighted by Gasteiger charge is -2.55. The average molecular weight is 377 g/mol. The summed E-state index contributed by atoms with van der Waals surface area (Å²) in [5, 5.41) is 21.6. The quantitative estimate of drug-likeness (QED) is 0.679. The van der Waals surface area contributed by atoms with Crippen LogP contribution >= 0.6 is 0 Å². The molecule has 0 spiro atoms. The Balaban J connectivity index is 1.56. The number of ether oxygens (including phenoxy) is 1. The third-order valence-electron chi connectivity index (χ3n) is 8.72. The highest BCUT2D eigenvalue weighted by Gasteiger charge is 2.51. The average Bonchev–Trinajstić information content (AvgIpc) is 3.05. The summed E-state index contributed by atoms with van der Waals surface area (Å²) < 4.78 is 5.14. The van der Waals surface area contributed by atoms with Gasteiger partial charge in [0.05, 0.1) is 11.7 Å². The molecule has 3 aliphatic carbocycles. The molecule has 0 radical (unpaired) electrons. The molecule has 0 amide bonds. The Bertz CT molecular complexity index is 609. The number of aliphatic hydroxyl groups excluding tert-OH is 1. The maximum Gasteiger partial charge on any atom is 0.331 e. The van der Waals surface area contributed by atoms with Gasteiger partial charge < -0.3 is 14.9 Å². The molecule has 0 aromatic heterocycles. The topological polar surface area (TPSA) is 66.8 Å². The summed E-state index contributed by atoms with van der Waals surface area (Å²) in [7, 11) is 0. The fourth-order valence-corrected chi connectivity index (χ4v) is 7.09. The minimum Gasteiger partial charge on any atom is -0.458 e. The molecule has 4 rings (SSSR count). The van der Waals surface area contributed by atoms with Crippen LogP contribution < -0.4 is 0 Å². The summed E-state index contributed by atoms with van der Waals surface area (Å²) in [6, 6.07) is 0. The number of carbonyl (C=O) groups excluding carboxylic acids is 1. The zero-order valence-electron chi connectivity index (χ0n) is 17.0. The minimum absolute atomic E-state index is 0.0286. The maximum absolute atomic E-state index is 11.6. The molecular formula is C23H36O4. The van der Waals surface area contributed by atoms with Gasteiger partial charge in [-0.3, -0.25) is 0 Å². The van der Waals surface area contributed by atoms with Gasteiger partial charge in [0.1, 0.15) is 6.61 Å². The predicted octanol–water partition coefficient (Wildman–Crippen LogP) is 3.99. The van der Waals surface area contributed by atoms with E-state index >= 15 is 0 Å². The van der Waals surface area contributed by atoms with Crippen molar-refractivity contribution in [2.45, 2.75) is 89.8 Å². The van der Waals surface area contributed by atoms with Gasteiger partial charge in [0.15, 0.2) is 0 Å². The number of fused-ring (bicyclic) bond motifs is 3. The summed E-state index contributed by atoms with van der Waals surface area (Å²) in [6.45, 7) is 4.79. The largest absolute Gasteiger partial charge is 0.458 e. The summed E-state index contributed by atoms with van der Waals surface area (Å²) in [6.07, 6.45) is 12.2. The highest BCUT2D eigenvalue weighted by molar-refractivity contribution is 5.85. The van der Waals surface area contributed by atoms with Crippen molar-refractivity contribution in [3.63, 3.8) is 0 Å².